The average Bonchev–Trinajstić information content (AvgIpc) is 3.23. The number of benzene rings is 1. The molecule has 34 heavy (non-hydrogen) atoms. The van der Waals surface area contributed by atoms with E-state index in [0.29, 0.717) is 25.9 Å². The van der Waals surface area contributed by atoms with Crippen LogP contribution in [-0.4, -0.2) is 59.1 Å². The van der Waals surface area contributed by atoms with Gasteiger partial charge in [-0.05, 0) is 26.8 Å². The van der Waals surface area contributed by atoms with E-state index in [2.05, 4.69) is 0 Å². The van der Waals surface area contributed by atoms with Crippen molar-refractivity contribution in [2.75, 3.05) is 13.1 Å². The molecule has 1 amide bonds. The van der Waals surface area contributed by atoms with Crippen molar-refractivity contribution in [2.45, 2.75) is 51.7 Å². The highest BCUT2D eigenvalue weighted by molar-refractivity contribution is 6.28. The molecule has 0 atom stereocenters. The minimum Gasteiger partial charge on any atom is -0.462 e. The molecule has 2 heterocycles. The molecule has 9 nitrogen and oxygen atoms in total. The minimum atomic E-state index is -0.740. The van der Waals surface area contributed by atoms with Crippen molar-refractivity contribution in [3.8, 4) is 0 Å². The predicted octanol–water partition coefficient (Wildman–Crippen LogP) is 3.57. The highest BCUT2D eigenvalue weighted by atomic mass is 16.6. The van der Waals surface area contributed by atoms with Crippen molar-refractivity contribution >= 4 is 29.4 Å². The fourth-order valence-corrected chi connectivity index (χ4v) is 3.94. The largest absolute Gasteiger partial charge is 0.462 e. The smallest absolute Gasteiger partial charge is 0.410 e. The zero-order valence-corrected chi connectivity index (χ0v) is 19.2. The summed E-state index contributed by atoms with van der Waals surface area (Å²) in [5, 5.41) is 0. The number of carbonyl (C=O) groups excluding carboxylic acids is 5. The van der Waals surface area contributed by atoms with Gasteiger partial charge in [-0.2, -0.15) is 0 Å². The normalized spacial score (nSPS) is 16.0. The molecule has 1 aliphatic heterocycles. The maximum absolute atomic E-state index is 12.7. The van der Waals surface area contributed by atoms with Gasteiger partial charge in [0.15, 0.2) is 17.3 Å². The van der Waals surface area contributed by atoms with Crippen LogP contribution in [-0.2, 0) is 14.3 Å². The monoisotopic (exact) mass is 467 g/mol. The van der Waals surface area contributed by atoms with Gasteiger partial charge < -0.3 is 18.8 Å². The van der Waals surface area contributed by atoms with Crippen LogP contribution < -0.4 is 0 Å². The summed E-state index contributed by atoms with van der Waals surface area (Å²) >= 11 is 0. The van der Waals surface area contributed by atoms with Gasteiger partial charge in [0.25, 0.3) is 0 Å². The fourth-order valence-electron chi connectivity index (χ4n) is 3.94. The number of ketones is 3. The number of rotatable bonds is 4. The number of furan rings is 1. The third-order valence-electron chi connectivity index (χ3n) is 5.57. The van der Waals surface area contributed by atoms with Crippen molar-refractivity contribution in [1.29, 1.82) is 0 Å². The molecule has 1 aliphatic carbocycles. The average molecular weight is 467 g/mol. The molecule has 0 radical (unpaired) electrons. The zero-order valence-electron chi connectivity index (χ0n) is 19.2. The van der Waals surface area contributed by atoms with Crippen LogP contribution in [0.2, 0.25) is 0 Å². The van der Waals surface area contributed by atoms with Crippen LogP contribution in [0, 0.1) is 0 Å². The fraction of sp³-hybridized carbons (Fsp3) is 0.400. The second kappa shape index (κ2) is 8.89. The summed E-state index contributed by atoms with van der Waals surface area (Å²) in [6.45, 7) is 6.11. The lowest BCUT2D eigenvalue weighted by atomic mass is 9.88. The number of amides is 1. The van der Waals surface area contributed by atoms with Gasteiger partial charge in [-0.3, -0.25) is 19.2 Å². The molecule has 2 aliphatic rings. The Balaban J connectivity index is 1.33. The molecule has 9 heteroatoms. The number of esters is 1. The minimum absolute atomic E-state index is 0.00920. The number of piperidine rings is 1. The van der Waals surface area contributed by atoms with Crippen molar-refractivity contribution in [3.63, 3.8) is 0 Å². The van der Waals surface area contributed by atoms with E-state index in [1.807, 2.05) is 0 Å². The number of Topliss-reactive ketones (excluding diaryl/α,β-unsaturated/α-hetero) is 1. The van der Waals surface area contributed by atoms with E-state index < -0.39 is 47.5 Å². The third-order valence-corrected chi connectivity index (χ3v) is 5.57. The Morgan fingerprint density at radius 3 is 2.24 bits per heavy atom. The molecule has 178 valence electrons. The van der Waals surface area contributed by atoms with E-state index in [1.165, 1.54) is 12.1 Å². The summed E-state index contributed by atoms with van der Waals surface area (Å²) < 4.78 is 16.1. The van der Waals surface area contributed by atoms with Gasteiger partial charge in [-0.25, -0.2) is 4.79 Å². The molecule has 1 saturated heterocycles. The SMILES string of the molecule is CC(C)(C)OC(=O)N1CCC(OC(=O)CC(=O)c2cc3c(o2)C(=O)c2ccccc2C3=O)CC1. The molecule has 2 aromatic rings. The molecule has 0 spiro atoms. The third kappa shape index (κ3) is 4.78. The lowest BCUT2D eigenvalue weighted by molar-refractivity contribution is -0.149. The summed E-state index contributed by atoms with van der Waals surface area (Å²) in [7, 11) is 0. The summed E-state index contributed by atoms with van der Waals surface area (Å²) in [5.41, 5.74) is -0.124. The molecule has 0 N–H and O–H groups in total. The van der Waals surface area contributed by atoms with Crippen molar-refractivity contribution in [1.82, 2.24) is 4.90 Å². The van der Waals surface area contributed by atoms with Gasteiger partial charge in [0.05, 0.1) is 5.56 Å². The van der Waals surface area contributed by atoms with Gasteiger partial charge in [0.2, 0.25) is 11.6 Å². The first-order valence-electron chi connectivity index (χ1n) is 11.1. The Kier molecular flexibility index (Phi) is 6.12. The molecule has 0 bridgehead atoms. The highest BCUT2D eigenvalue weighted by Gasteiger charge is 2.35. The lowest BCUT2D eigenvalue weighted by Crippen LogP contribution is -2.43. The second-order valence-electron chi connectivity index (χ2n) is 9.31. The highest BCUT2D eigenvalue weighted by Crippen LogP contribution is 2.30. The summed E-state index contributed by atoms with van der Waals surface area (Å²) in [6.07, 6.45) is -0.583. The van der Waals surface area contributed by atoms with Gasteiger partial charge in [0.1, 0.15) is 18.1 Å². The topological polar surface area (TPSA) is 120 Å². The first kappa shape index (κ1) is 23.4. The molecule has 1 fully saturated rings. The Bertz CT molecular complexity index is 1130. The standard InChI is InChI=1S/C25H25NO8/c1-25(2,3)34-24(31)26-10-8-14(9-11-26)32-20(28)13-18(27)19-12-17-21(29)15-6-4-5-7-16(15)22(30)23(17)33-19/h4-7,12,14H,8-11,13H2,1-3H3. The van der Waals surface area contributed by atoms with Gasteiger partial charge in [-0.15, -0.1) is 0 Å². The van der Waals surface area contributed by atoms with Crippen molar-refractivity contribution < 1.29 is 37.9 Å². The number of hydrogen-bond donors (Lipinski definition) is 0. The van der Waals surface area contributed by atoms with Crippen LogP contribution >= 0.6 is 0 Å². The van der Waals surface area contributed by atoms with Crippen LogP contribution in [0.4, 0.5) is 4.79 Å². The van der Waals surface area contributed by atoms with E-state index in [9.17, 15) is 24.0 Å². The number of likely N-dealkylation sites (tertiary alicyclic amines) is 1. The van der Waals surface area contributed by atoms with Gasteiger partial charge in [-0.1, -0.05) is 24.3 Å². The molecular formula is C25H25NO8. The molecular weight excluding hydrogens is 442 g/mol. The molecule has 1 aromatic heterocycles. The quantitative estimate of drug-likeness (QED) is 0.324. The van der Waals surface area contributed by atoms with Crippen molar-refractivity contribution in [2.24, 2.45) is 0 Å². The first-order chi connectivity index (χ1) is 16.0. The van der Waals surface area contributed by atoms with Gasteiger partial charge >= 0.3 is 12.1 Å². The Morgan fingerprint density at radius 1 is 1.00 bits per heavy atom. The summed E-state index contributed by atoms with van der Waals surface area (Å²) in [6, 6.07) is 7.56. The van der Waals surface area contributed by atoms with Crippen LogP contribution in [0.3, 0.4) is 0 Å². The molecule has 1 aromatic carbocycles. The van der Waals surface area contributed by atoms with Crippen LogP contribution in [0.15, 0.2) is 34.7 Å². The number of nitrogens with zero attached hydrogens (tertiary/aromatic N) is 1. The number of fused-ring (bicyclic) bond motifs is 2. The van der Waals surface area contributed by atoms with Crippen LogP contribution in [0.25, 0.3) is 0 Å². The van der Waals surface area contributed by atoms with Crippen molar-refractivity contribution in [3.05, 3.63) is 58.5 Å². The number of hydrogen-bond acceptors (Lipinski definition) is 8. The van der Waals surface area contributed by atoms with Crippen LogP contribution in [0.5, 0.6) is 0 Å². The summed E-state index contributed by atoms with van der Waals surface area (Å²) in [5.74, 6) is -2.76. The Morgan fingerprint density at radius 2 is 1.62 bits per heavy atom. The van der Waals surface area contributed by atoms with Gasteiger partial charge in [0, 0.05) is 37.1 Å². The number of carbonyl (C=O) groups is 5. The Labute approximate surface area is 196 Å². The second-order valence-corrected chi connectivity index (χ2v) is 9.31. The molecule has 4 rings (SSSR count). The maximum atomic E-state index is 12.7. The predicted molar refractivity (Wildman–Crippen MR) is 118 cm³/mol. The molecule has 0 unspecified atom stereocenters. The van der Waals surface area contributed by atoms with Crippen LogP contribution in [0.1, 0.15) is 82.6 Å². The maximum Gasteiger partial charge on any atom is 0.410 e. The lowest BCUT2D eigenvalue weighted by Gasteiger charge is -2.33. The van der Waals surface area contributed by atoms with E-state index >= 15 is 0 Å². The zero-order chi connectivity index (χ0) is 24.6. The Hall–Kier alpha value is -3.75. The first-order valence-corrected chi connectivity index (χ1v) is 11.1. The summed E-state index contributed by atoms with van der Waals surface area (Å²) in [4.78, 5) is 63.9. The molecule has 0 saturated carbocycles. The van der Waals surface area contributed by atoms with E-state index in [0.717, 1.165) is 0 Å². The van der Waals surface area contributed by atoms with E-state index in [1.54, 1.807) is 43.9 Å². The number of ether oxygens (including phenoxy) is 2. The van der Waals surface area contributed by atoms with E-state index in [-0.39, 0.29) is 28.2 Å². The van der Waals surface area contributed by atoms with E-state index in [4.69, 9.17) is 13.9 Å².